The van der Waals surface area contributed by atoms with E-state index in [2.05, 4.69) is 20.6 Å². The highest BCUT2D eigenvalue weighted by Gasteiger charge is 2.48. The van der Waals surface area contributed by atoms with Gasteiger partial charge in [-0.3, -0.25) is 19.9 Å². The molecule has 1 fully saturated rings. The van der Waals surface area contributed by atoms with Gasteiger partial charge in [0.1, 0.15) is 5.54 Å². The van der Waals surface area contributed by atoms with Crippen LogP contribution in [0.3, 0.4) is 0 Å². The molecule has 4 aliphatic heterocycles. The average Bonchev–Trinajstić information content (AvgIpc) is 3.78. The van der Waals surface area contributed by atoms with Gasteiger partial charge in [0.25, 0.3) is 0 Å². The van der Waals surface area contributed by atoms with E-state index in [0.717, 1.165) is 27.7 Å². The van der Waals surface area contributed by atoms with Gasteiger partial charge in [-0.05, 0) is 90.6 Å². The molecule has 3 N–H and O–H groups in total. The Hall–Kier alpha value is -5.18. The van der Waals surface area contributed by atoms with Gasteiger partial charge in [-0.2, -0.15) is 0 Å². The molecule has 8 nitrogen and oxygen atoms in total. The van der Waals surface area contributed by atoms with E-state index in [4.69, 9.17) is 21.6 Å². The Kier molecular flexibility index (Phi) is 6.77. The van der Waals surface area contributed by atoms with Crippen molar-refractivity contribution in [3.63, 3.8) is 0 Å². The number of hydrogen-bond donors (Lipinski definition) is 3. The van der Waals surface area contributed by atoms with Crippen molar-refractivity contribution in [1.82, 2.24) is 15.3 Å². The zero-order valence-electron chi connectivity index (χ0n) is 22.8. The number of aromatic amines is 1. The predicted octanol–water partition coefficient (Wildman–Crippen LogP) is 3.51. The summed E-state index contributed by atoms with van der Waals surface area (Å²) in [6, 6.07) is 14.2. The third-order valence-electron chi connectivity index (χ3n) is 7.48. The lowest BCUT2D eigenvalue weighted by Gasteiger charge is -2.25. The van der Waals surface area contributed by atoms with Crippen LogP contribution in [0.5, 0.6) is 0 Å². The fraction of sp³-hybridized carbons (Fsp3) is 0.0882. The molecule has 2 unspecified atom stereocenters. The van der Waals surface area contributed by atoms with Crippen LogP contribution >= 0.6 is 11.6 Å². The summed E-state index contributed by atoms with van der Waals surface area (Å²) in [5, 5.41) is 8.80. The summed E-state index contributed by atoms with van der Waals surface area (Å²) in [7, 11) is 0. The van der Waals surface area contributed by atoms with E-state index in [1.807, 2.05) is 72.9 Å². The van der Waals surface area contributed by atoms with Gasteiger partial charge in [-0.15, -0.1) is 0 Å². The Morgan fingerprint density at radius 1 is 0.907 bits per heavy atom. The van der Waals surface area contributed by atoms with E-state index in [1.54, 1.807) is 36.7 Å². The first-order valence-corrected chi connectivity index (χ1v) is 14.1. The number of halogens is 1. The number of ketones is 1. The number of Topliss-reactive ketones (excluding diaryl/α,β-unsaturated/α-hetero) is 1. The highest BCUT2D eigenvalue weighted by Crippen LogP contribution is 2.34. The molecule has 3 aromatic rings. The lowest BCUT2D eigenvalue weighted by atomic mass is 9.85. The van der Waals surface area contributed by atoms with E-state index >= 15 is 0 Å². The van der Waals surface area contributed by atoms with E-state index in [1.165, 1.54) is 6.08 Å². The molecule has 210 valence electrons. The second kappa shape index (κ2) is 10.9. The largest absolute Gasteiger partial charge is 0.355 e. The van der Waals surface area contributed by atoms with Crippen LogP contribution in [0, 0.1) is 0 Å². The average molecular weight is 585 g/mol. The number of aromatic nitrogens is 2. The predicted molar refractivity (Wildman–Crippen MR) is 169 cm³/mol. The van der Waals surface area contributed by atoms with E-state index in [0.29, 0.717) is 34.1 Å². The molecule has 0 radical (unpaired) electrons. The van der Waals surface area contributed by atoms with Crippen molar-refractivity contribution in [3.05, 3.63) is 142 Å². The number of nitrogens with one attached hydrogen (secondary N) is 3. The number of hydrogen-bond acceptors (Lipinski definition) is 6. The fourth-order valence-corrected chi connectivity index (χ4v) is 5.66. The quantitative estimate of drug-likeness (QED) is 0.408. The highest BCUT2D eigenvalue weighted by molar-refractivity contribution is 6.30. The number of benzene rings is 1. The Morgan fingerprint density at radius 2 is 1.58 bits per heavy atom. The summed E-state index contributed by atoms with van der Waals surface area (Å²) in [4.78, 5) is 44.6. The molecule has 43 heavy (non-hydrogen) atoms. The number of allylic oxidation sites excluding steroid dienone is 4. The molecule has 9 heteroatoms. The van der Waals surface area contributed by atoms with Crippen LogP contribution in [-0.2, 0) is 16.0 Å². The molecule has 4 aliphatic rings. The van der Waals surface area contributed by atoms with E-state index in [9.17, 15) is 9.59 Å². The molecule has 7 rings (SSSR count). The van der Waals surface area contributed by atoms with Crippen molar-refractivity contribution in [2.24, 2.45) is 9.98 Å². The number of carbonyl (C=O) groups excluding carboxylic acids is 2. The molecule has 1 amide bonds. The van der Waals surface area contributed by atoms with Gasteiger partial charge in [-0.25, -0.2) is 9.98 Å². The summed E-state index contributed by atoms with van der Waals surface area (Å²) < 4.78 is 0. The third kappa shape index (κ3) is 5.66. The number of rotatable bonds is 4. The van der Waals surface area contributed by atoms with Gasteiger partial charge < -0.3 is 10.3 Å². The molecule has 2 atom stereocenters. The molecular weight excluding hydrogens is 560 g/mol. The second-order valence-corrected chi connectivity index (χ2v) is 11.0. The first-order valence-electron chi connectivity index (χ1n) is 13.8. The Bertz CT molecular complexity index is 1990. The highest BCUT2D eigenvalue weighted by atomic mass is 35.5. The molecule has 8 bridgehead atoms. The van der Waals surface area contributed by atoms with Crippen LogP contribution in [0.4, 0.5) is 5.69 Å². The minimum atomic E-state index is -1.20. The zero-order chi connectivity index (χ0) is 29.4. The first kappa shape index (κ1) is 26.7. The van der Waals surface area contributed by atoms with Crippen molar-refractivity contribution in [1.29, 1.82) is 0 Å². The monoisotopic (exact) mass is 584 g/mol. The topological polar surface area (TPSA) is 112 Å². The minimum absolute atomic E-state index is 0.224. The standard InChI is InChI=1S/C34H25ClN6O2/c35-22-3-1-21(2-4-22)19-34-20-29-10-9-27(39-29)16-25-6-5-24(37-25)15-26-7-8-28(38-26)17-31(41-34)30(33(34)43)18-32(42)40-23-11-13-36-14-12-23/h1-18,20,31,37,41H,19H2,(H,36,40,42)/b24-15?,25-16?,28-17?,29-20?,30-18+. The molecule has 2 aromatic heterocycles. The zero-order valence-corrected chi connectivity index (χ0v) is 23.5. The number of H-pyrrole nitrogens is 1. The molecule has 0 saturated carbocycles. The first-order chi connectivity index (χ1) is 20.9. The van der Waals surface area contributed by atoms with Crippen LogP contribution < -0.4 is 21.3 Å². The molecule has 1 aromatic carbocycles. The van der Waals surface area contributed by atoms with Crippen LogP contribution in [0.25, 0.3) is 12.2 Å². The van der Waals surface area contributed by atoms with Gasteiger partial charge in [0, 0.05) is 51.9 Å². The smallest absolute Gasteiger partial charge is 0.248 e. The summed E-state index contributed by atoms with van der Waals surface area (Å²) >= 11 is 6.17. The Labute approximate surface area is 252 Å². The molecular formula is C34H25ClN6O2. The van der Waals surface area contributed by atoms with Gasteiger partial charge >= 0.3 is 0 Å². The van der Waals surface area contributed by atoms with Gasteiger partial charge in [0.2, 0.25) is 5.91 Å². The van der Waals surface area contributed by atoms with Gasteiger partial charge in [0.05, 0.1) is 28.9 Å². The van der Waals surface area contributed by atoms with Gasteiger partial charge in [-0.1, -0.05) is 23.7 Å². The van der Waals surface area contributed by atoms with Crippen LogP contribution in [0.15, 0.2) is 130 Å². The minimum Gasteiger partial charge on any atom is -0.355 e. The summed E-state index contributed by atoms with van der Waals surface area (Å²) in [5.74, 6) is -0.642. The lowest BCUT2D eigenvalue weighted by molar-refractivity contribution is -0.118. The Morgan fingerprint density at radius 3 is 2.30 bits per heavy atom. The number of nitrogens with zero attached hydrogens (tertiary/aromatic N) is 3. The normalized spacial score (nSPS) is 22.9. The second-order valence-electron chi connectivity index (χ2n) is 10.6. The van der Waals surface area contributed by atoms with Crippen molar-refractivity contribution >= 4 is 52.6 Å². The van der Waals surface area contributed by atoms with Crippen LogP contribution in [-0.4, -0.2) is 44.7 Å². The number of carbonyl (C=O) groups is 2. The van der Waals surface area contributed by atoms with Crippen molar-refractivity contribution in [2.75, 3.05) is 5.32 Å². The number of fused-ring (bicyclic) bond motifs is 6. The van der Waals surface area contributed by atoms with Gasteiger partial charge in [0.15, 0.2) is 5.78 Å². The SMILES string of the molecule is O=C(/C=C1/C(=O)C2(Cc3ccc(Cl)cc3)C=C3C=CC(=N3)C=c3ccc([nH]3)=CC3=NC(=CC1N2)C=C3)Nc1ccncc1. The molecule has 1 saturated heterocycles. The fourth-order valence-electron chi connectivity index (χ4n) is 5.54. The lowest BCUT2D eigenvalue weighted by Crippen LogP contribution is -2.47. The molecule has 0 spiro atoms. The number of pyridine rings is 1. The van der Waals surface area contributed by atoms with Crippen LogP contribution in [0.2, 0.25) is 5.02 Å². The van der Waals surface area contributed by atoms with E-state index < -0.39 is 17.5 Å². The summed E-state index contributed by atoms with van der Waals surface area (Å²) in [6.07, 6.45) is 20.1. The third-order valence-corrected chi connectivity index (χ3v) is 7.73. The van der Waals surface area contributed by atoms with E-state index in [-0.39, 0.29) is 5.78 Å². The number of anilines is 1. The maximum atomic E-state index is 14.5. The Balaban J connectivity index is 1.38. The van der Waals surface area contributed by atoms with Crippen LogP contribution in [0.1, 0.15) is 5.56 Å². The maximum absolute atomic E-state index is 14.5. The summed E-state index contributed by atoms with van der Waals surface area (Å²) in [5.41, 5.74) is 3.44. The van der Waals surface area contributed by atoms with Crippen molar-refractivity contribution in [3.8, 4) is 0 Å². The number of aliphatic imine (C=N–C) groups is 2. The molecule has 0 aliphatic carbocycles. The maximum Gasteiger partial charge on any atom is 0.248 e. The number of amides is 1. The van der Waals surface area contributed by atoms with Crippen molar-refractivity contribution < 1.29 is 9.59 Å². The van der Waals surface area contributed by atoms with Crippen molar-refractivity contribution in [2.45, 2.75) is 18.0 Å². The summed E-state index contributed by atoms with van der Waals surface area (Å²) in [6.45, 7) is 0. The molecule has 6 heterocycles.